The minimum absolute atomic E-state index is 0.00932. The van der Waals surface area contributed by atoms with Crippen molar-refractivity contribution in [3.63, 3.8) is 0 Å². The summed E-state index contributed by atoms with van der Waals surface area (Å²) in [7, 11) is 0. The summed E-state index contributed by atoms with van der Waals surface area (Å²) in [5.41, 5.74) is -0.887. The van der Waals surface area contributed by atoms with Crippen LogP contribution >= 0.6 is 0 Å². The highest BCUT2D eigenvalue weighted by Crippen LogP contribution is 2.34. The quantitative estimate of drug-likeness (QED) is 0.893. The van der Waals surface area contributed by atoms with Crippen molar-refractivity contribution in [3.05, 3.63) is 29.6 Å². The third-order valence-electron chi connectivity index (χ3n) is 3.05. The molecule has 9 heteroatoms. The van der Waals surface area contributed by atoms with Gasteiger partial charge in [-0.3, -0.25) is 4.79 Å². The zero-order valence-electron chi connectivity index (χ0n) is 13.3. The average molecular weight is 343 g/mol. The van der Waals surface area contributed by atoms with Crippen LogP contribution in [0.25, 0.3) is 11.5 Å². The number of aromatic nitrogens is 2. The number of anilines is 1. The van der Waals surface area contributed by atoms with Crippen LogP contribution in [0, 0.1) is 0 Å². The molecule has 0 aliphatic carbocycles. The van der Waals surface area contributed by atoms with Crippen LogP contribution in [-0.4, -0.2) is 22.7 Å². The van der Waals surface area contributed by atoms with Crippen LogP contribution in [0.15, 0.2) is 22.7 Å². The summed E-state index contributed by atoms with van der Waals surface area (Å²) < 4.78 is 49.4. The van der Waals surface area contributed by atoms with Crippen molar-refractivity contribution >= 4 is 11.6 Å². The lowest BCUT2D eigenvalue weighted by Gasteiger charge is -2.11. The van der Waals surface area contributed by atoms with Gasteiger partial charge in [-0.25, -0.2) is 0 Å². The zero-order valence-corrected chi connectivity index (χ0v) is 13.3. The Bertz CT molecular complexity index is 728. The van der Waals surface area contributed by atoms with Crippen LogP contribution < -0.4 is 5.32 Å². The minimum Gasteiger partial charge on any atom is -0.371 e. The number of hydrogen-bond acceptors (Lipinski definition) is 5. The number of nitrogens with one attached hydrogen (secondary N) is 1. The van der Waals surface area contributed by atoms with E-state index in [2.05, 4.69) is 15.5 Å². The van der Waals surface area contributed by atoms with Crippen molar-refractivity contribution in [2.75, 3.05) is 11.9 Å². The number of amides is 1. The van der Waals surface area contributed by atoms with Gasteiger partial charge in [0.2, 0.25) is 11.7 Å². The average Bonchev–Trinajstić information content (AvgIpc) is 2.95. The SMILES string of the molecule is CCO[C@H](C)c1noc(-c2cc(NC(C)=O)cc(C(F)(F)F)c2)n1. The maximum absolute atomic E-state index is 13.0. The van der Waals surface area contributed by atoms with Gasteiger partial charge < -0.3 is 14.6 Å². The third-order valence-corrected chi connectivity index (χ3v) is 3.05. The molecule has 1 heterocycles. The Morgan fingerprint density at radius 3 is 2.67 bits per heavy atom. The van der Waals surface area contributed by atoms with Gasteiger partial charge in [0.1, 0.15) is 6.10 Å². The van der Waals surface area contributed by atoms with Crippen molar-refractivity contribution in [3.8, 4) is 11.5 Å². The van der Waals surface area contributed by atoms with E-state index in [1.165, 1.54) is 13.0 Å². The highest BCUT2D eigenvalue weighted by molar-refractivity contribution is 5.89. The number of halogens is 3. The summed E-state index contributed by atoms with van der Waals surface area (Å²) in [5, 5.41) is 6.04. The number of carbonyl (C=O) groups excluding carboxylic acids is 1. The molecule has 2 aromatic rings. The number of hydrogen-bond donors (Lipinski definition) is 1. The zero-order chi connectivity index (χ0) is 17.9. The minimum atomic E-state index is -4.58. The van der Waals surface area contributed by atoms with Gasteiger partial charge in [-0.15, -0.1) is 0 Å². The van der Waals surface area contributed by atoms with Gasteiger partial charge in [0, 0.05) is 24.8 Å². The summed E-state index contributed by atoms with van der Waals surface area (Å²) in [4.78, 5) is 15.2. The largest absolute Gasteiger partial charge is 0.416 e. The normalized spacial score (nSPS) is 12.9. The van der Waals surface area contributed by atoms with E-state index in [0.29, 0.717) is 6.61 Å². The number of rotatable bonds is 5. The van der Waals surface area contributed by atoms with Gasteiger partial charge in [0.25, 0.3) is 5.89 Å². The molecule has 24 heavy (non-hydrogen) atoms. The number of ether oxygens (including phenoxy) is 1. The maximum Gasteiger partial charge on any atom is 0.416 e. The third kappa shape index (κ3) is 4.31. The molecule has 0 unspecified atom stereocenters. The maximum atomic E-state index is 13.0. The molecule has 0 saturated carbocycles. The first-order chi connectivity index (χ1) is 11.2. The van der Waals surface area contributed by atoms with E-state index in [-0.39, 0.29) is 23.0 Å². The molecule has 1 aromatic heterocycles. The van der Waals surface area contributed by atoms with E-state index < -0.39 is 23.8 Å². The summed E-state index contributed by atoms with van der Waals surface area (Å²) in [6.07, 6.45) is -5.03. The second-order valence-electron chi connectivity index (χ2n) is 5.03. The number of alkyl halides is 3. The fourth-order valence-corrected chi connectivity index (χ4v) is 2.03. The fraction of sp³-hybridized carbons (Fsp3) is 0.400. The van der Waals surface area contributed by atoms with Crippen molar-refractivity contribution in [1.29, 1.82) is 0 Å². The second kappa shape index (κ2) is 7.00. The molecule has 1 atom stereocenters. The highest BCUT2D eigenvalue weighted by Gasteiger charge is 2.32. The molecule has 0 aliphatic heterocycles. The predicted molar refractivity (Wildman–Crippen MR) is 79.1 cm³/mol. The van der Waals surface area contributed by atoms with E-state index in [0.717, 1.165) is 12.1 Å². The van der Waals surface area contributed by atoms with Gasteiger partial charge in [0.05, 0.1) is 5.56 Å². The molecule has 0 aliphatic rings. The van der Waals surface area contributed by atoms with E-state index in [1.807, 2.05) is 0 Å². The Balaban J connectivity index is 2.43. The van der Waals surface area contributed by atoms with E-state index in [1.54, 1.807) is 13.8 Å². The van der Waals surface area contributed by atoms with Gasteiger partial charge in [0.15, 0.2) is 0 Å². The molecule has 1 amide bonds. The van der Waals surface area contributed by atoms with Crippen LogP contribution in [0.5, 0.6) is 0 Å². The molecule has 1 N–H and O–H groups in total. The Labute approximate surface area is 136 Å². The molecule has 0 bridgehead atoms. The van der Waals surface area contributed by atoms with Gasteiger partial charge in [-0.05, 0) is 32.0 Å². The second-order valence-corrected chi connectivity index (χ2v) is 5.03. The summed E-state index contributed by atoms with van der Waals surface area (Å²) >= 11 is 0. The van der Waals surface area contributed by atoms with Crippen LogP contribution in [-0.2, 0) is 15.7 Å². The Hall–Kier alpha value is -2.42. The molecule has 0 saturated heterocycles. The van der Waals surface area contributed by atoms with Gasteiger partial charge in [-0.1, -0.05) is 5.16 Å². The highest BCUT2D eigenvalue weighted by atomic mass is 19.4. The number of carbonyl (C=O) groups is 1. The van der Waals surface area contributed by atoms with Crippen LogP contribution in [0.1, 0.15) is 38.3 Å². The standard InChI is InChI=1S/C15H16F3N3O3/c1-4-23-8(2)13-20-14(24-21-13)10-5-11(15(16,17)18)7-12(6-10)19-9(3)22/h5-8H,4H2,1-3H3,(H,19,22)/t8-/m1/s1. The van der Waals surface area contributed by atoms with Crippen molar-refractivity contribution in [2.45, 2.75) is 33.1 Å². The monoisotopic (exact) mass is 343 g/mol. The Kier molecular flexibility index (Phi) is 5.23. The van der Waals surface area contributed by atoms with Crippen molar-refractivity contribution < 1.29 is 27.2 Å². The van der Waals surface area contributed by atoms with E-state index >= 15 is 0 Å². The first-order valence-corrected chi connectivity index (χ1v) is 7.16. The molecular formula is C15H16F3N3O3. The van der Waals surface area contributed by atoms with Crippen molar-refractivity contribution in [1.82, 2.24) is 10.1 Å². The first-order valence-electron chi connectivity index (χ1n) is 7.16. The smallest absolute Gasteiger partial charge is 0.371 e. The Morgan fingerprint density at radius 2 is 2.08 bits per heavy atom. The summed E-state index contributed by atoms with van der Waals surface area (Å²) in [5.74, 6) is -0.351. The van der Waals surface area contributed by atoms with Crippen LogP contribution in [0.2, 0.25) is 0 Å². The topological polar surface area (TPSA) is 77.3 Å². The molecule has 1 aromatic carbocycles. The van der Waals surface area contributed by atoms with Gasteiger partial charge >= 0.3 is 6.18 Å². The molecule has 6 nitrogen and oxygen atoms in total. The molecule has 0 spiro atoms. The molecule has 0 fully saturated rings. The predicted octanol–water partition coefficient (Wildman–Crippen LogP) is 3.81. The van der Waals surface area contributed by atoms with E-state index in [9.17, 15) is 18.0 Å². The molecular weight excluding hydrogens is 327 g/mol. The summed E-state index contributed by atoms with van der Waals surface area (Å²) in [6, 6.07) is 3.05. The van der Waals surface area contributed by atoms with Crippen LogP contribution in [0.3, 0.4) is 0 Å². The lowest BCUT2D eigenvalue weighted by molar-refractivity contribution is -0.137. The Morgan fingerprint density at radius 1 is 1.38 bits per heavy atom. The van der Waals surface area contributed by atoms with Gasteiger partial charge in [-0.2, -0.15) is 18.2 Å². The number of benzene rings is 1. The van der Waals surface area contributed by atoms with Crippen molar-refractivity contribution in [2.24, 2.45) is 0 Å². The molecule has 2 rings (SSSR count). The first kappa shape index (κ1) is 17.9. The summed E-state index contributed by atoms with van der Waals surface area (Å²) in [6.45, 7) is 5.13. The number of nitrogens with zero attached hydrogens (tertiary/aromatic N) is 2. The molecule has 130 valence electrons. The fourth-order valence-electron chi connectivity index (χ4n) is 2.03. The van der Waals surface area contributed by atoms with E-state index in [4.69, 9.17) is 9.26 Å². The molecule has 0 radical (unpaired) electrons. The lowest BCUT2D eigenvalue weighted by Crippen LogP contribution is -2.10. The van der Waals surface area contributed by atoms with Crippen LogP contribution in [0.4, 0.5) is 18.9 Å². The lowest BCUT2D eigenvalue weighted by atomic mass is 10.1.